The van der Waals surface area contributed by atoms with E-state index in [-0.39, 0.29) is 42.5 Å². The molecule has 2 aliphatic heterocycles. The molecule has 2 aliphatic rings. The average Bonchev–Trinajstić information content (AvgIpc) is 3.31. The van der Waals surface area contributed by atoms with Crippen LogP contribution in [0.1, 0.15) is 22.3 Å². The van der Waals surface area contributed by atoms with E-state index >= 15 is 0 Å². The van der Waals surface area contributed by atoms with Gasteiger partial charge in [0.15, 0.2) is 5.78 Å². The van der Waals surface area contributed by atoms with Gasteiger partial charge in [-0.15, -0.1) is 0 Å². The fraction of sp³-hybridized carbons (Fsp3) is 0.318. The van der Waals surface area contributed by atoms with Crippen molar-refractivity contribution in [1.82, 2.24) is 10.2 Å². The summed E-state index contributed by atoms with van der Waals surface area (Å²) in [5, 5.41) is 12.6. The predicted molar refractivity (Wildman–Crippen MR) is 104 cm³/mol. The number of phenols is 1. The summed E-state index contributed by atoms with van der Waals surface area (Å²) in [7, 11) is 0. The van der Waals surface area contributed by atoms with E-state index in [9.17, 15) is 19.5 Å². The first-order valence-corrected chi connectivity index (χ1v) is 9.61. The molecule has 2 heterocycles. The molecule has 3 unspecified atom stereocenters. The molecule has 150 valence electrons. The number of ether oxygens (including phenoxy) is 1. The Morgan fingerprint density at radius 3 is 2.72 bits per heavy atom. The lowest BCUT2D eigenvalue weighted by atomic mass is 10.0. The molecular formula is C22H22N2O5. The highest BCUT2D eigenvalue weighted by atomic mass is 16.5. The highest BCUT2D eigenvalue weighted by Crippen LogP contribution is 2.28. The van der Waals surface area contributed by atoms with Crippen LogP contribution >= 0.6 is 0 Å². The summed E-state index contributed by atoms with van der Waals surface area (Å²) in [6, 6.07) is 13.8. The van der Waals surface area contributed by atoms with E-state index in [1.165, 1.54) is 4.90 Å². The maximum absolute atomic E-state index is 13.3. The molecule has 0 bridgehead atoms. The lowest BCUT2D eigenvalue weighted by Gasteiger charge is -2.27. The first-order valence-electron chi connectivity index (χ1n) is 9.61. The standard InChI is InChI=1S/C22H22N2O5/c25-16-8-4-5-14(11-16)12-17(23-21(27)15-6-2-1-3-7-15)22(28)24-10-9-19-20(24)18(26)13-29-19/h1-8,11,17,19-20,25H,9-10,12-13H2,(H,23,27). The third-order valence-corrected chi connectivity index (χ3v) is 5.38. The van der Waals surface area contributed by atoms with Crippen molar-refractivity contribution in [1.29, 1.82) is 0 Å². The zero-order valence-corrected chi connectivity index (χ0v) is 15.8. The van der Waals surface area contributed by atoms with Crippen LogP contribution in [0.4, 0.5) is 0 Å². The molecule has 7 nitrogen and oxygen atoms in total. The van der Waals surface area contributed by atoms with E-state index in [1.807, 2.05) is 6.07 Å². The topological polar surface area (TPSA) is 95.9 Å². The minimum absolute atomic E-state index is 0.0205. The molecule has 2 fully saturated rings. The number of nitrogens with one attached hydrogen (secondary N) is 1. The number of hydrogen-bond donors (Lipinski definition) is 2. The van der Waals surface area contributed by atoms with Gasteiger partial charge in [0, 0.05) is 18.5 Å². The molecule has 0 aromatic heterocycles. The normalized spacial score (nSPS) is 21.7. The van der Waals surface area contributed by atoms with Gasteiger partial charge in [-0.25, -0.2) is 0 Å². The van der Waals surface area contributed by atoms with Crippen molar-refractivity contribution >= 4 is 17.6 Å². The molecule has 2 saturated heterocycles. The van der Waals surface area contributed by atoms with Crippen LogP contribution in [0.2, 0.25) is 0 Å². The Morgan fingerprint density at radius 2 is 1.97 bits per heavy atom. The highest BCUT2D eigenvalue weighted by molar-refractivity contribution is 5.99. The van der Waals surface area contributed by atoms with Crippen LogP contribution in [0.25, 0.3) is 0 Å². The largest absolute Gasteiger partial charge is 0.508 e. The summed E-state index contributed by atoms with van der Waals surface area (Å²) in [6.45, 7) is 0.435. The van der Waals surface area contributed by atoms with Crippen LogP contribution in [0.3, 0.4) is 0 Å². The van der Waals surface area contributed by atoms with Crippen LogP contribution in [0, 0.1) is 0 Å². The summed E-state index contributed by atoms with van der Waals surface area (Å²) in [5.74, 6) is -0.701. The van der Waals surface area contributed by atoms with Gasteiger partial charge in [-0.2, -0.15) is 0 Å². The van der Waals surface area contributed by atoms with E-state index in [2.05, 4.69) is 5.32 Å². The van der Waals surface area contributed by atoms with Gasteiger partial charge >= 0.3 is 0 Å². The number of amides is 2. The molecule has 29 heavy (non-hydrogen) atoms. The maximum atomic E-state index is 13.3. The zero-order valence-electron chi connectivity index (χ0n) is 15.8. The second-order valence-electron chi connectivity index (χ2n) is 7.35. The van der Waals surface area contributed by atoms with E-state index in [0.29, 0.717) is 24.1 Å². The molecule has 3 atom stereocenters. The number of carbonyl (C=O) groups excluding carboxylic acids is 3. The lowest BCUT2D eigenvalue weighted by molar-refractivity contribution is -0.138. The number of aromatic hydroxyl groups is 1. The van der Waals surface area contributed by atoms with Gasteiger partial charge in [0.25, 0.3) is 5.91 Å². The number of phenolic OH excluding ortho intramolecular Hbond substituents is 1. The number of rotatable bonds is 5. The van der Waals surface area contributed by atoms with E-state index in [4.69, 9.17) is 4.74 Å². The zero-order chi connectivity index (χ0) is 20.4. The Hall–Kier alpha value is -3.19. The summed E-state index contributed by atoms with van der Waals surface area (Å²) >= 11 is 0. The number of hydrogen-bond acceptors (Lipinski definition) is 5. The van der Waals surface area contributed by atoms with Crippen LogP contribution < -0.4 is 5.32 Å². The third kappa shape index (κ3) is 4.00. The Bertz CT molecular complexity index is 930. The molecule has 2 N–H and O–H groups in total. The number of likely N-dealkylation sites (tertiary alicyclic amines) is 1. The van der Waals surface area contributed by atoms with Crippen molar-refractivity contribution < 1.29 is 24.2 Å². The Labute approximate surface area is 168 Å². The minimum atomic E-state index is -0.864. The molecule has 0 spiro atoms. The fourth-order valence-electron chi connectivity index (χ4n) is 3.99. The number of carbonyl (C=O) groups is 3. The van der Waals surface area contributed by atoms with Gasteiger partial charge in [-0.1, -0.05) is 30.3 Å². The number of nitrogens with zero attached hydrogens (tertiary/aromatic N) is 1. The van der Waals surface area contributed by atoms with Crippen molar-refractivity contribution in [3.8, 4) is 5.75 Å². The molecule has 2 aromatic carbocycles. The molecule has 4 rings (SSSR count). The molecule has 0 saturated carbocycles. The predicted octanol–water partition coefficient (Wildman–Crippen LogP) is 1.30. The van der Waals surface area contributed by atoms with Gasteiger partial charge in [-0.3, -0.25) is 14.4 Å². The monoisotopic (exact) mass is 394 g/mol. The Morgan fingerprint density at radius 1 is 1.17 bits per heavy atom. The van der Waals surface area contributed by atoms with Gasteiger partial charge < -0.3 is 20.1 Å². The molecule has 0 aliphatic carbocycles. The first kappa shape index (κ1) is 19.1. The average molecular weight is 394 g/mol. The van der Waals surface area contributed by atoms with Crippen LogP contribution in [0.15, 0.2) is 54.6 Å². The van der Waals surface area contributed by atoms with Gasteiger partial charge in [0.1, 0.15) is 24.4 Å². The molecular weight excluding hydrogens is 372 g/mol. The number of benzene rings is 2. The summed E-state index contributed by atoms with van der Waals surface area (Å²) < 4.78 is 5.47. The highest BCUT2D eigenvalue weighted by Gasteiger charge is 2.48. The minimum Gasteiger partial charge on any atom is -0.508 e. The quantitative estimate of drug-likeness (QED) is 0.797. The van der Waals surface area contributed by atoms with Crippen molar-refractivity contribution in [2.45, 2.75) is 31.0 Å². The fourth-order valence-corrected chi connectivity index (χ4v) is 3.99. The first-order chi connectivity index (χ1) is 14.0. The summed E-state index contributed by atoms with van der Waals surface area (Å²) in [5.41, 5.74) is 1.15. The van der Waals surface area contributed by atoms with E-state index < -0.39 is 12.1 Å². The maximum Gasteiger partial charge on any atom is 0.251 e. The second kappa shape index (κ2) is 8.05. The van der Waals surface area contributed by atoms with Gasteiger partial charge in [0.05, 0.1) is 6.10 Å². The van der Waals surface area contributed by atoms with Crippen molar-refractivity contribution in [2.24, 2.45) is 0 Å². The number of Topliss-reactive ketones (excluding diaryl/α,β-unsaturated/α-hetero) is 1. The van der Waals surface area contributed by atoms with Crippen LogP contribution in [-0.2, 0) is 20.7 Å². The molecule has 0 radical (unpaired) electrons. The lowest BCUT2D eigenvalue weighted by Crippen LogP contribution is -2.53. The summed E-state index contributed by atoms with van der Waals surface area (Å²) in [6.07, 6.45) is 0.542. The van der Waals surface area contributed by atoms with E-state index in [0.717, 1.165) is 0 Å². The van der Waals surface area contributed by atoms with Gasteiger partial charge in [-0.05, 0) is 36.2 Å². The third-order valence-electron chi connectivity index (χ3n) is 5.38. The van der Waals surface area contributed by atoms with Crippen molar-refractivity contribution in [3.63, 3.8) is 0 Å². The van der Waals surface area contributed by atoms with Crippen molar-refractivity contribution in [3.05, 3.63) is 65.7 Å². The SMILES string of the molecule is O=C(NC(Cc1cccc(O)c1)C(=O)N1CCC2OCC(=O)C21)c1ccccc1. The molecule has 2 amide bonds. The van der Waals surface area contributed by atoms with Gasteiger partial charge in [0.2, 0.25) is 5.91 Å². The number of fused-ring (bicyclic) bond motifs is 1. The van der Waals surface area contributed by atoms with E-state index in [1.54, 1.807) is 48.5 Å². The van der Waals surface area contributed by atoms with Crippen LogP contribution in [-0.4, -0.2) is 58.9 Å². The Kier molecular flexibility index (Phi) is 5.31. The Balaban J connectivity index is 1.58. The molecule has 2 aromatic rings. The second-order valence-corrected chi connectivity index (χ2v) is 7.35. The summed E-state index contributed by atoms with van der Waals surface area (Å²) in [4.78, 5) is 39.8. The van der Waals surface area contributed by atoms with Crippen molar-refractivity contribution in [2.75, 3.05) is 13.2 Å². The number of ketones is 1. The smallest absolute Gasteiger partial charge is 0.251 e. The molecule has 7 heteroatoms. The van der Waals surface area contributed by atoms with Crippen LogP contribution in [0.5, 0.6) is 5.75 Å².